The lowest BCUT2D eigenvalue weighted by Gasteiger charge is -2.19. The van der Waals surface area contributed by atoms with Crippen LogP contribution < -0.4 is 11.1 Å². The minimum Gasteiger partial charge on any atom is -0.389 e. The van der Waals surface area contributed by atoms with Gasteiger partial charge in [0, 0.05) is 17.8 Å². The summed E-state index contributed by atoms with van der Waals surface area (Å²) in [4.78, 5) is 4.02. The van der Waals surface area contributed by atoms with Gasteiger partial charge in [-0.05, 0) is 20.0 Å². The molecule has 5 heteroatoms. The van der Waals surface area contributed by atoms with Crippen LogP contribution in [0.25, 0.3) is 0 Å². The van der Waals surface area contributed by atoms with Gasteiger partial charge in [-0.2, -0.15) is 0 Å². The van der Waals surface area contributed by atoms with Crippen LogP contribution in [0.2, 0.25) is 0 Å². The van der Waals surface area contributed by atoms with Crippen LogP contribution in [0.5, 0.6) is 0 Å². The lowest BCUT2D eigenvalue weighted by atomic mass is 10.0. The van der Waals surface area contributed by atoms with Crippen LogP contribution in [-0.2, 0) is 0 Å². The molecule has 15 heavy (non-hydrogen) atoms. The number of nitrogens with two attached hydrogens (primary N) is 1. The Labute approximate surface area is 89.0 Å². The number of pyridine rings is 1. The van der Waals surface area contributed by atoms with Crippen molar-refractivity contribution in [2.75, 3.05) is 19.3 Å². The van der Waals surface area contributed by atoms with Gasteiger partial charge in [0.15, 0.2) is 0 Å². The second-order valence-electron chi connectivity index (χ2n) is 3.48. The first-order chi connectivity index (χ1) is 7.06. The smallest absolute Gasteiger partial charge is 0.123 e. The molecule has 1 rings (SSSR count). The Kier molecular flexibility index (Phi) is 4.02. The number of aromatic nitrogens is 1. The van der Waals surface area contributed by atoms with E-state index >= 15 is 0 Å². The average Bonchev–Trinajstić information content (AvgIpc) is 2.17. The lowest BCUT2D eigenvalue weighted by molar-refractivity contribution is 0.0196. The Hall–Kier alpha value is -1.17. The second kappa shape index (κ2) is 5.06. The minimum absolute atomic E-state index is 0.324. The van der Waals surface area contributed by atoms with Gasteiger partial charge in [-0.3, -0.25) is 0 Å². The first-order valence-corrected chi connectivity index (χ1v) is 4.80. The highest BCUT2D eigenvalue weighted by molar-refractivity contribution is 5.35. The van der Waals surface area contributed by atoms with E-state index in [9.17, 15) is 10.2 Å². The highest BCUT2D eigenvalue weighted by Crippen LogP contribution is 2.20. The number of nitrogens with zero attached hydrogens (tertiary/aromatic N) is 1. The SMILES string of the molecule is CNCC(O)C(O)c1ccc(N)nc1C. The first kappa shape index (κ1) is 11.9. The Bertz CT molecular complexity index is 330. The van der Waals surface area contributed by atoms with E-state index < -0.39 is 12.2 Å². The van der Waals surface area contributed by atoms with Crippen molar-refractivity contribution >= 4 is 5.82 Å². The van der Waals surface area contributed by atoms with E-state index in [1.54, 1.807) is 26.1 Å². The van der Waals surface area contributed by atoms with E-state index in [2.05, 4.69) is 10.3 Å². The third-order valence-electron chi connectivity index (χ3n) is 2.24. The van der Waals surface area contributed by atoms with Crippen molar-refractivity contribution in [3.8, 4) is 0 Å². The normalized spacial score (nSPS) is 14.9. The quantitative estimate of drug-likeness (QED) is 0.543. The zero-order valence-corrected chi connectivity index (χ0v) is 8.94. The first-order valence-electron chi connectivity index (χ1n) is 4.80. The maximum Gasteiger partial charge on any atom is 0.123 e. The lowest BCUT2D eigenvalue weighted by Crippen LogP contribution is -2.30. The summed E-state index contributed by atoms with van der Waals surface area (Å²) < 4.78 is 0. The fraction of sp³-hybridized carbons (Fsp3) is 0.500. The molecule has 0 amide bonds. The summed E-state index contributed by atoms with van der Waals surface area (Å²) in [7, 11) is 1.71. The molecule has 5 N–H and O–H groups in total. The van der Waals surface area contributed by atoms with E-state index in [0.717, 1.165) is 0 Å². The zero-order chi connectivity index (χ0) is 11.4. The number of likely N-dealkylation sites (N-methyl/N-ethyl adjacent to an activating group) is 1. The predicted molar refractivity (Wildman–Crippen MR) is 58.3 cm³/mol. The van der Waals surface area contributed by atoms with Crippen molar-refractivity contribution in [2.45, 2.75) is 19.1 Å². The number of nitrogen functional groups attached to an aromatic ring is 1. The summed E-state index contributed by atoms with van der Waals surface area (Å²) in [5.41, 5.74) is 6.74. The molecule has 0 fully saturated rings. The molecule has 0 aromatic carbocycles. The Morgan fingerprint density at radius 1 is 1.47 bits per heavy atom. The maximum absolute atomic E-state index is 9.82. The third-order valence-corrected chi connectivity index (χ3v) is 2.24. The van der Waals surface area contributed by atoms with Crippen LogP contribution in [0.3, 0.4) is 0 Å². The van der Waals surface area contributed by atoms with Crippen LogP contribution in [0.1, 0.15) is 17.4 Å². The number of hydrogen-bond donors (Lipinski definition) is 4. The summed E-state index contributed by atoms with van der Waals surface area (Å²) >= 11 is 0. The molecule has 0 radical (unpaired) electrons. The standard InChI is InChI=1S/C10H17N3O2/c1-6-7(3-4-9(11)13-6)10(15)8(14)5-12-2/h3-4,8,10,12,14-15H,5H2,1-2H3,(H2,11,13). The Balaban J connectivity index is 2.86. The molecule has 1 aromatic rings. The number of aryl methyl sites for hydroxylation is 1. The molecular formula is C10H17N3O2. The van der Waals surface area contributed by atoms with Gasteiger partial charge in [0.2, 0.25) is 0 Å². The molecule has 5 nitrogen and oxygen atoms in total. The van der Waals surface area contributed by atoms with Crippen molar-refractivity contribution in [2.24, 2.45) is 0 Å². The molecule has 0 aliphatic heterocycles. The molecular weight excluding hydrogens is 194 g/mol. The van der Waals surface area contributed by atoms with Gasteiger partial charge in [-0.15, -0.1) is 0 Å². The van der Waals surface area contributed by atoms with Gasteiger partial charge in [0.1, 0.15) is 11.9 Å². The predicted octanol–water partition coefficient (Wildman–Crippen LogP) is -0.414. The van der Waals surface area contributed by atoms with Gasteiger partial charge in [0.25, 0.3) is 0 Å². The van der Waals surface area contributed by atoms with Gasteiger partial charge < -0.3 is 21.3 Å². The molecule has 2 atom stereocenters. The topological polar surface area (TPSA) is 91.4 Å². The van der Waals surface area contributed by atoms with Crippen molar-refractivity contribution < 1.29 is 10.2 Å². The average molecular weight is 211 g/mol. The molecule has 2 unspecified atom stereocenters. The Morgan fingerprint density at radius 2 is 2.13 bits per heavy atom. The number of aliphatic hydroxyl groups is 2. The molecule has 0 spiro atoms. The molecule has 0 aliphatic rings. The van der Waals surface area contributed by atoms with E-state index in [0.29, 0.717) is 23.6 Å². The van der Waals surface area contributed by atoms with Crippen molar-refractivity contribution in [1.29, 1.82) is 0 Å². The van der Waals surface area contributed by atoms with Crippen molar-refractivity contribution in [3.05, 3.63) is 23.4 Å². The van der Waals surface area contributed by atoms with Gasteiger partial charge in [0.05, 0.1) is 6.10 Å². The van der Waals surface area contributed by atoms with Crippen LogP contribution in [0.15, 0.2) is 12.1 Å². The van der Waals surface area contributed by atoms with Gasteiger partial charge in [-0.1, -0.05) is 6.07 Å². The van der Waals surface area contributed by atoms with E-state index in [1.165, 1.54) is 0 Å². The van der Waals surface area contributed by atoms with Crippen LogP contribution in [-0.4, -0.2) is 34.9 Å². The summed E-state index contributed by atoms with van der Waals surface area (Å²) in [6, 6.07) is 3.29. The third kappa shape index (κ3) is 2.89. The molecule has 0 saturated heterocycles. The van der Waals surface area contributed by atoms with Crippen molar-refractivity contribution in [3.63, 3.8) is 0 Å². The van der Waals surface area contributed by atoms with Crippen molar-refractivity contribution in [1.82, 2.24) is 10.3 Å². The number of rotatable bonds is 4. The van der Waals surface area contributed by atoms with Crippen LogP contribution in [0.4, 0.5) is 5.82 Å². The molecule has 84 valence electrons. The second-order valence-corrected chi connectivity index (χ2v) is 3.48. The Morgan fingerprint density at radius 3 is 2.67 bits per heavy atom. The number of nitrogens with one attached hydrogen (secondary N) is 1. The number of aliphatic hydroxyl groups excluding tert-OH is 2. The molecule has 0 saturated carbocycles. The minimum atomic E-state index is -0.939. The van der Waals surface area contributed by atoms with E-state index in [1.807, 2.05) is 0 Å². The van der Waals surface area contributed by atoms with Crippen LogP contribution >= 0.6 is 0 Å². The maximum atomic E-state index is 9.82. The highest BCUT2D eigenvalue weighted by atomic mass is 16.3. The zero-order valence-electron chi connectivity index (χ0n) is 8.94. The summed E-state index contributed by atoms with van der Waals surface area (Å²) in [5, 5.41) is 22.2. The summed E-state index contributed by atoms with van der Waals surface area (Å²) in [6.07, 6.45) is -1.79. The van der Waals surface area contributed by atoms with Gasteiger partial charge >= 0.3 is 0 Å². The van der Waals surface area contributed by atoms with Crippen LogP contribution in [0, 0.1) is 6.92 Å². The van der Waals surface area contributed by atoms with E-state index in [-0.39, 0.29) is 0 Å². The summed E-state index contributed by atoms with van der Waals surface area (Å²) in [6.45, 7) is 2.08. The molecule has 1 aromatic heterocycles. The van der Waals surface area contributed by atoms with E-state index in [4.69, 9.17) is 5.73 Å². The molecule has 0 aliphatic carbocycles. The largest absolute Gasteiger partial charge is 0.389 e. The monoisotopic (exact) mass is 211 g/mol. The molecule has 1 heterocycles. The number of anilines is 1. The van der Waals surface area contributed by atoms with Gasteiger partial charge in [-0.25, -0.2) is 4.98 Å². The highest BCUT2D eigenvalue weighted by Gasteiger charge is 2.19. The fourth-order valence-corrected chi connectivity index (χ4v) is 1.43. The summed E-state index contributed by atoms with van der Waals surface area (Å²) in [5.74, 6) is 0.409. The number of hydrogen-bond acceptors (Lipinski definition) is 5. The fourth-order valence-electron chi connectivity index (χ4n) is 1.43. The molecule has 0 bridgehead atoms.